The van der Waals surface area contributed by atoms with Gasteiger partial charge in [-0.3, -0.25) is 9.59 Å². The highest BCUT2D eigenvalue weighted by molar-refractivity contribution is 5.97. The zero-order valence-electron chi connectivity index (χ0n) is 13.1. The van der Waals surface area contributed by atoms with Crippen LogP contribution >= 0.6 is 0 Å². The lowest BCUT2D eigenvalue weighted by Crippen LogP contribution is -2.50. The lowest BCUT2D eigenvalue weighted by molar-refractivity contribution is -0.138. The van der Waals surface area contributed by atoms with Crippen molar-refractivity contribution in [1.29, 1.82) is 0 Å². The second kappa shape index (κ2) is 6.31. The highest BCUT2D eigenvalue weighted by atomic mass is 19.1. The van der Waals surface area contributed by atoms with Gasteiger partial charge in [0, 0.05) is 26.0 Å². The number of phenols is 1. The molecule has 0 spiro atoms. The Morgan fingerprint density at radius 1 is 1.21 bits per heavy atom. The summed E-state index contributed by atoms with van der Waals surface area (Å²) in [6.45, 7) is 1.76. The standard InChI is InChI=1S/C18H17FN2O3/c1-11(22)21-10-13-5-3-2-4-12(13)8-17(21)18(24)20-16-7-6-14(23)9-15(16)19/h2-7,9,17,23H,8,10H2,1H3,(H,20,24)/t17-/m1/s1. The second-order valence-corrected chi connectivity index (χ2v) is 5.79. The molecule has 1 aliphatic rings. The van der Waals surface area contributed by atoms with Gasteiger partial charge in [0.15, 0.2) is 0 Å². The van der Waals surface area contributed by atoms with Crippen LogP contribution in [0.2, 0.25) is 0 Å². The maximum absolute atomic E-state index is 13.8. The molecule has 1 aliphatic heterocycles. The molecule has 0 saturated carbocycles. The van der Waals surface area contributed by atoms with Crippen LogP contribution < -0.4 is 5.32 Å². The van der Waals surface area contributed by atoms with Gasteiger partial charge in [-0.05, 0) is 23.3 Å². The minimum Gasteiger partial charge on any atom is -0.508 e. The lowest BCUT2D eigenvalue weighted by Gasteiger charge is -2.35. The van der Waals surface area contributed by atoms with E-state index in [4.69, 9.17) is 0 Å². The fourth-order valence-electron chi connectivity index (χ4n) is 2.91. The van der Waals surface area contributed by atoms with Crippen LogP contribution in [0.3, 0.4) is 0 Å². The highest BCUT2D eigenvalue weighted by Crippen LogP contribution is 2.25. The molecule has 2 aromatic carbocycles. The number of benzene rings is 2. The minimum absolute atomic E-state index is 0.0276. The Morgan fingerprint density at radius 3 is 2.58 bits per heavy atom. The van der Waals surface area contributed by atoms with Crippen molar-refractivity contribution in [3.63, 3.8) is 0 Å². The smallest absolute Gasteiger partial charge is 0.247 e. The number of halogens is 1. The zero-order valence-corrected chi connectivity index (χ0v) is 13.1. The van der Waals surface area contributed by atoms with Crippen molar-refractivity contribution in [3.8, 4) is 5.75 Å². The van der Waals surface area contributed by atoms with Gasteiger partial charge in [0.2, 0.25) is 11.8 Å². The molecular formula is C18H17FN2O3. The predicted octanol–water partition coefficient (Wildman–Crippen LogP) is 2.44. The van der Waals surface area contributed by atoms with E-state index < -0.39 is 17.8 Å². The van der Waals surface area contributed by atoms with Crippen molar-refractivity contribution in [2.45, 2.75) is 25.9 Å². The summed E-state index contributed by atoms with van der Waals surface area (Å²) >= 11 is 0. The van der Waals surface area contributed by atoms with E-state index in [1.165, 1.54) is 24.0 Å². The molecule has 1 atom stereocenters. The number of phenolic OH excluding ortho intramolecular Hbond substituents is 1. The summed E-state index contributed by atoms with van der Waals surface area (Å²) in [5.41, 5.74) is 1.98. The van der Waals surface area contributed by atoms with Gasteiger partial charge < -0.3 is 15.3 Å². The molecule has 0 saturated heterocycles. The Labute approximate surface area is 138 Å². The zero-order chi connectivity index (χ0) is 17.3. The Kier molecular flexibility index (Phi) is 4.20. The van der Waals surface area contributed by atoms with Gasteiger partial charge in [-0.2, -0.15) is 0 Å². The molecule has 24 heavy (non-hydrogen) atoms. The molecule has 5 nitrogen and oxygen atoms in total. The second-order valence-electron chi connectivity index (χ2n) is 5.79. The van der Waals surface area contributed by atoms with Crippen LogP contribution in [0, 0.1) is 5.82 Å². The van der Waals surface area contributed by atoms with E-state index in [1.807, 2.05) is 24.3 Å². The number of carbonyl (C=O) groups excluding carboxylic acids is 2. The van der Waals surface area contributed by atoms with E-state index in [2.05, 4.69) is 5.32 Å². The summed E-state index contributed by atoms with van der Waals surface area (Å²) in [5, 5.41) is 11.7. The Bertz CT molecular complexity index is 807. The molecule has 0 radical (unpaired) electrons. The van der Waals surface area contributed by atoms with E-state index >= 15 is 0 Å². The first-order chi connectivity index (χ1) is 11.5. The Balaban J connectivity index is 1.85. The van der Waals surface area contributed by atoms with Crippen LogP contribution in [-0.2, 0) is 22.6 Å². The number of fused-ring (bicyclic) bond motifs is 1. The molecular weight excluding hydrogens is 311 g/mol. The average molecular weight is 328 g/mol. The summed E-state index contributed by atoms with van der Waals surface area (Å²) in [6.07, 6.45) is 0.376. The SMILES string of the molecule is CC(=O)N1Cc2ccccc2C[C@@H]1C(=O)Nc1ccc(O)cc1F. The van der Waals surface area contributed by atoms with Crippen LogP contribution in [0.25, 0.3) is 0 Å². The van der Waals surface area contributed by atoms with Crippen molar-refractivity contribution >= 4 is 17.5 Å². The monoisotopic (exact) mass is 328 g/mol. The number of nitrogens with one attached hydrogen (secondary N) is 1. The summed E-state index contributed by atoms with van der Waals surface area (Å²) in [7, 11) is 0. The molecule has 2 amide bonds. The molecule has 2 aromatic rings. The predicted molar refractivity (Wildman–Crippen MR) is 86.9 cm³/mol. The summed E-state index contributed by atoms with van der Waals surface area (Å²) in [6, 6.07) is 10.4. The maximum Gasteiger partial charge on any atom is 0.247 e. The first kappa shape index (κ1) is 16.0. The lowest BCUT2D eigenvalue weighted by atomic mass is 9.93. The highest BCUT2D eigenvalue weighted by Gasteiger charge is 2.33. The van der Waals surface area contributed by atoms with Gasteiger partial charge >= 0.3 is 0 Å². The number of amides is 2. The molecule has 0 bridgehead atoms. The number of hydrogen-bond acceptors (Lipinski definition) is 3. The van der Waals surface area contributed by atoms with Gasteiger partial charge in [0.1, 0.15) is 17.6 Å². The summed E-state index contributed by atoms with van der Waals surface area (Å²) in [5.74, 6) is -1.61. The van der Waals surface area contributed by atoms with Crippen molar-refractivity contribution < 1.29 is 19.1 Å². The average Bonchev–Trinajstić information content (AvgIpc) is 2.56. The number of anilines is 1. The minimum atomic E-state index is -0.728. The third-order valence-electron chi connectivity index (χ3n) is 4.17. The normalized spacial score (nSPS) is 16.4. The number of rotatable bonds is 2. The van der Waals surface area contributed by atoms with Crippen LogP contribution in [-0.4, -0.2) is 27.9 Å². The van der Waals surface area contributed by atoms with Crippen LogP contribution in [0.4, 0.5) is 10.1 Å². The van der Waals surface area contributed by atoms with Gasteiger partial charge in [-0.25, -0.2) is 4.39 Å². The molecule has 0 unspecified atom stereocenters. The molecule has 1 heterocycles. The number of hydrogen-bond donors (Lipinski definition) is 2. The molecule has 0 aromatic heterocycles. The maximum atomic E-state index is 13.8. The van der Waals surface area contributed by atoms with Gasteiger partial charge in [-0.15, -0.1) is 0 Å². The quantitative estimate of drug-likeness (QED) is 0.832. The summed E-state index contributed by atoms with van der Waals surface area (Å²) < 4.78 is 13.8. The third kappa shape index (κ3) is 3.08. The first-order valence-electron chi connectivity index (χ1n) is 7.59. The molecule has 124 valence electrons. The fraction of sp³-hybridized carbons (Fsp3) is 0.222. The van der Waals surface area contributed by atoms with Crippen molar-refractivity contribution in [2.75, 3.05) is 5.32 Å². The largest absolute Gasteiger partial charge is 0.508 e. The van der Waals surface area contributed by atoms with Crippen LogP contribution in [0.5, 0.6) is 5.75 Å². The van der Waals surface area contributed by atoms with Crippen molar-refractivity contribution in [1.82, 2.24) is 4.90 Å². The van der Waals surface area contributed by atoms with Crippen molar-refractivity contribution in [3.05, 3.63) is 59.4 Å². The molecule has 3 rings (SSSR count). The van der Waals surface area contributed by atoms with E-state index in [-0.39, 0.29) is 17.3 Å². The van der Waals surface area contributed by atoms with E-state index in [0.717, 1.165) is 17.2 Å². The van der Waals surface area contributed by atoms with E-state index in [0.29, 0.717) is 13.0 Å². The van der Waals surface area contributed by atoms with Crippen molar-refractivity contribution in [2.24, 2.45) is 0 Å². The number of aromatic hydroxyl groups is 1. The van der Waals surface area contributed by atoms with Gasteiger partial charge in [-0.1, -0.05) is 24.3 Å². The van der Waals surface area contributed by atoms with Gasteiger partial charge in [0.05, 0.1) is 5.69 Å². The number of carbonyl (C=O) groups is 2. The van der Waals surface area contributed by atoms with E-state index in [1.54, 1.807) is 0 Å². The first-order valence-corrected chi connectivity index (χ1v) is 7.59. The summed E-state index contributed by atoms with van der Waals surface area (Å²) in [4.78, 5) is 26.0. The fourth-order valence-corrected chi connectivity index (χ4v) is 2.91. The van der Waals surface area contributed by atoms with Crippen LogP contribution in [0.1, 0.15) is 18.1 Å². The molecule has 2 N–H and O–H groups in total. The number of nitrogens with zero attached hydrogens (tertiary/aromatic N) is 1. The molecule has 0 aliphatic carbocycles. The molecule has 0 fully saturated rings. The van der Waals surface area contributed by atoms with Gasteiger partial charge in [0.25, 0.3) is 0 Å². The van der Waals surface area contributed by atoms with E-state index in [9.17, 15) is 19.1 Å². The Hall–Kier alpha value is -2.89. The van der Waals surface area contributed by atoms with Crippen LogP contribution in [0.15, 0.2) is 42.5 Å². The third-order valence-corrected chi connectivity index (χ3v) is 4.17. The molecule has 6 heteroatoms. The topological polar surface area (TPSA) is 69.6 Å². The Morgan fingerprint density at radius 2 is 1.92 bits per heavy atom.